The van der Waals surface area contributed by atoms with E-state index in [0.717, 1.165) is 21.9 Å². The normalized spacial score (nSPS) is 11.1. The van der Waals surface area contributed by atoms with Crippen LogP contribution in [0.5, 0.6) is 0 Å². The standard InChI is InChI=1S/C18H12N2O3/c21-16-10-9-15-17(13-3-1-2-4-14(13)19-15)20(16)12-7-5-11(6-8-12)18(22)23/h1-10,19H,(H,22,23). The van der Waals surface area contributed by atoms with Crippen molar-refractivity contribution < 1.29 is 9.90 Å². The number of benzene rings is 2. The molecule has 0 saturated heterocycles. The van der Waals surface area contributed by atoms with Gasteiger partial charge >= 0.3 is 5.97 Å². The van der Waals surface area contributed by atoms with Crippen LogP contribution in [-0.4, -0.2) is 20.6 Å². The summed E-state index contributed by atoms with van der Waals surface area (Å²) in [6, 6.07) is 17.3. The van der Waals surface area contributed by atoms with E-state index in [4.69, 9.17) is 5.11 Å². The minimum absolute atomic E-state index is 0.162. The average molecular weight is 304 g/mol. The highest BCUT2D eigenvalue weighted by Crippen LogP contribution is 2.25. The Balaban J connectivity index is 2.07. The SMILES string of the molecule is O=C(O)c1ccc(-n2c(=O)ccc3[nH]c4ccccc4c32)cc1. The average Bonchev–Trinajstić information content (AvgIpc) is 2.94. The number of rotatable bonds is 2. The molecule has 0 aliphatic rings. The fourth-order valence-electron chi connectivity index (χ4n) is 2.86. The van der Waals surface area contributed by atoms with Crippen molar-refractivity contribution in [3.05, 3.63) is 76.6 Å². The number of aromatic carboxylic acids is 1. The molecule has 5 nitrogen and oxygen atoms in total. The van der Waals surface area contributed by atoms with Crippen LogP contribution in [0.4, 0.5) is 0 Å². The number of nitrogens with zero attached hydrogens (tertiary/aromatic N) is 1. The molecule has 2 aromatic heterocycles. The van der Waals surface area contributed by atoms with Crippen molar-refractivity contribution in [2.24, 2.45) is 0 Å². The lowest BCUT2D eigenvalue weighted by Crippen LogP contribution is -2.17. The Kier molecular flexibility index (Phi) is 2.81. The van der Waals surface area contributed by atoms with E-state index in [1.807, 2.05) is 24.3 Å². The van der Waals surface area contributed by atoms with Crippen LogP contribution in [0.15, 0.2) is 65.5 Å². The first kappa shape index (κ1) is 13.3. The van der Waals surface area contributed by atoms with Gasteiger partial charge in [0.2, 0.25) is 0 Å². The fraction of sp³-hybridized carbons (Fsp3) is 0. The summed E-state index contributed by atoms with van der Waals surface area (Å²) in [7, 11) is 0. The molecule has 0 radical (unpaired) electrons. The molecule has 2 N–H and O–H groups in total. The Morgan fingerprint density at radius 2 is 1.65 bits per heavy atom. The van der Waals surface area contributed by atoms with E-state index in [9.17, 15) is 9.59 Å². The third-order valence-electron chi connectivity index (χ3n) is 3.92. The topological polar surface area (TPSA) is 75.1 Å². The summed E-state index contributed by atoms with van der Waals surface area (Å²) < 4.78 is 1.60. The molecule has 0 saturated carbocycles. The van der Waals surface area contributed by atoms with E-state index < -0.39 is 5.97 Å². The van der Waals surface area contributed by atoms with Gasteiger partial charge in [0, 0.05) is 22.7 Å². The Morgan fingerprint density at radius 1 is 0.913 bits per heavy atom. The fourth-order valence-corrected chi connectivity index (χ4v) is 2.86. The smallest absolute Gasteiger partial charge is 0.335 e. The lowest BCUT2D eigenvalue weighted by atomic mass is 10.2. The van der Waals surface area contributed by atoms with E-state index in [0.29, 0.717) is 5.69 Å². The summed E-state index contributed by atoms with van der Waals surface area (Å²) in [5.41, 5.74) is 3.25. The van der Waals surface area contributed by atoms with Crippen molar-refractivity contribution in [2.75, 3.05) is 0 Å². The molecular weight excluding hydrogens is 292 g/mol. The van der Waals surface area contributed by atoms with Gasteiger partial charge in [-0.2, -0.15) is 0 Å². The van der Waals surface area contributed by atoms with Crippen LogP contribution in [-0.2, 0) is 0 Å². The van der Waals surface area contributed by atoms with Gasteiger partial charge in [-0.1, -0.05) is 18.2 Å². The maximum absolute atomic E-state index is 12.4. The zero-order valence-corrected chi connectivity index (χ0v) is 12.0. The maximum atomic E-state index is 12.4. The number of hydrogen-bond donors (Lipinski definition) is 2. The number of fused-ring (bicyclic) bond motifs is 3. The van der Waals surface area contributed by atoms with E-state index in [2.05, 4.69) is 4.98 Å². The summed E-state index contributed by atoms with van der Waals surface area (Å²) in [6.45, 7) is 0. The van der Waals surface area contributed by atoms with Crippen LogP contribution in [0.2, 0.25) is 0 Å². The highest BCUT2D eigenvalue weighted by Gasteiger charge is 2.12. The van der Waals surface area contributed by atoms with Crippen molar-refractivity contribution in [2.45, 2.75) is 0 Å². The van der Waals surface area contributed by atoms with Crippen molar-refractivity contribution in [1.29, 1.82) is 0 Å². The van der Waals surface area contributed by atoms with Crippen molar-refractivity contribution in [1.82, 2.24) is 9.55 Å². The molecule has 0 aliphatic carbocycles. The summed E-state index contributed by atoms with van der Waals surface area (Å²) in [5, 5.41) is 9.95. The minimum atomic E-state index is -0.991. The van der Waals surface area contributed by atoms with E-state index in [1.54, 1.807) is 22.8 Å². The quantitative estimate of drug-likeness (QED) is 0.597. The molecule has 0 spiro atoms. The number of H-pyrrole nitrogens is 1. The predicted octanol–water partition coefficient (Wildman–Crippen LogP) is 3.17. The number of nitrogens with one attached hydrogen (secondary N) is 1. The van der Waals surface area contributed by atoms with Gasteiger partial charge in [-0.15, -0.1) is 0 Å². The third-order valence-corrected chi connectivity index (χ3v) is 3.92. The molecule has 0 fully saturated rings. The minimum Gasteiger partial charge on any atom is -0.478 e. The van der Waals surface area contributed by atoms with Crippen molar-refractivity contribution >= 4 is 27.9 Å². The Bertz CT molecular complexity index is 1100. The van der Waals surface area contributed by atoms with E-state index >= 15 is 0 Å². The molecule has 4 rings (SSSR count). The number of hydrogen-bond acceptors (Lipinski definition) is 2. The largest absolute Gasteiger partial charge is 0.478 e. The van der Waals surface area contributed by atoms with Gasteiger partial charge in [0.25, 0.3) is 5.56 Å². The van der Waals surface area contributed by atoms with Crippen molar-refractivity contribution in [3.63, 3.8) is 0 Å². The summed E-state index contributed by atoms with van der Waals surface area (Å²) in [5.74, 6) is -0.991. The highest BCUT2D eigenvalue weighted by molar-refractivity contribution is 6.05. The molecule has 112 valence electrons. The van der Waals surface area contributed by atoms with Crippen LogP contribution in [0.1, 0.15) is 10.4 Å². The van der Waals surface area contributed by atoms with Crippen LogP contribution in [0.3, 0.4) is 0 Å². The van der Waals surface area contributed by atoms with E-state index in [-0.39, 0.29) is 11.1 Å². The first-order chi connectivity index (χ1) is 11.1. The number of carboxylic acid groups (broad SMARTS) is 1. The van der Waals surface area contributed by atoms with Gasteiger partial charge in [-0.05, 0) is 36.4 Å². The zero-order valence-electron chi connectivity index (χ0n) is 12.0. The summed E-state index contributed by atoms with van der Waals surface area (Å²) in [4.78, 5) is 26.7. The monoisotopic (exact) mass is 304 g/mol. The second-order valence-corrected chi connectivity index (χ2v) is 5.29. The molecule has 4 aromatic rings. The van der Waals surface area contributed by atoms with Crippen LogP contribution < -0.4 is 5.56 Å². The Labute approximate surface area is 130 Å². The molecule has 5 heteroatoms. The van der Waals surface area contributed by atoms with Crippen molar-refractivity contribution in [3.8, 4) is 5.69 Å². The number of carboxylic acids is 1. The molecule has 0 unspecified atom stereocenters. The Hall–Kier alpha value is -3.34. The number of para-hydroxylation sites is 1. The van der Waals surface area contributed by atoms with Crippen LogP contribution in [0, 0.1) is 0 Å². The number of carbonyl (C=O) groups is 1. The second kappa shape index (κ2) is 4.84. The summed E-state index contributed by atoms with van der Waals surface area (Å²) in [6.07, 6.45) is 0. The lowest BCUT2D eigenvalue weighted by molar-refractivity contribution is 0.0697. The first-order valence-electron chi connectivity index (χ1n) is 7.11. The molecule has 0 amide bonds. The number of aromatic nitrogens is 2. The molecule has 23 heavy (non-hydrogen) atoms. The number of pyridine rings is 1. The molecule has 2 aromatic carbocycles. The van der Waals surface area contributed by atoms with E-state index in [1.165, 1.54) is 18.2 Å². The molecular formula is C18H12N2O3. The van der Waals surface area contributed by atoms with Gasteiger partial charge in [-0.3, -0.25) is 9.36 Å². The first-order valence-corrected chi connectivity index (χ1v) is 7.11. The molecule has 2 heterocycles. The zero-order chi connectivity index (χ0) is 16.0. The lowest BCUT2D eigenvalue weighted by Gasteiger charge is -2.08. The van der Waals surface area contributed by atoms with Gasteiger partial charge in [0.05, 0.1) is 16.6 Å². The van der Waals surface area contributed by atoms with Crippen LogP contribution >= 0.6 is 0 Å². The molecule has 0 bridgehead atoms. The molecule has 0 atom stereocenters. The molecule has 0 aliphatic heterocycles. The Morgan fingerprint density at radius 3 is 2.39 bits per heavy atom. The third kappa shape index (κ3) is 2.02. The number of aromatic amines is 1. The highest BCUT2D eigenvalue weighted by atomic mass is 16.4. The van der Waals surface area contributed by atoms with Gasteiger partial charge in [0.1, 0.15) is 0 Å². The van der Waals surface area contributed by atoms with Gasteiger partial charge in [0.15, 0.2) is 0 Å². The predicted molar refractivity (Wildman–Crippen MR) is 88.4 cm³/mol. The second-order valence-electron chi connectivity index (χ2n) is 5.29. The van der Waals surface area contributed by atoms with Gasteiger partial charge in [-0.25, -0.2) is 4.79 Å². The maximum Gasteiger partial charge on any atom is 0.335 e. The summed E-state index contributed by atoms with van der Waals surface area (Å²) >= 11 is 0. The van der Waals surface area contributed by atoms with Crippen LogP contribution in [0.25, 0.3) is 27.6 Å². The van der Waals surface area contributed by atoms with Gasteiger partial charge < -0.3 is 10.1 Å².